The second-order valence-electron chi connectivity index (χ2n) is 9.14. The van der Waals surface area contributed by atoms with E-state index >= 15 is 0 Å². The zero-order chi connectivity index (χ0) is 23.2. The smallest absolute Gasteiger partial charge is 0.259 e. The number of rotatable bonds is 3. The summed E-state index contributed by atoms with van der Waals surface area (Å²) in [5.41, 5.74) is 7.19. The fraction of sp³-hybridized carbons (Fsp3) is 0.250. The summed E-state index contributed by atoms with van der Waals surface area (Å²) in [5, 5.41) is 6.10. The van der Waals surface area contributed by atoms with Crippen molar-refractivity contribution >= 4 is 27.9 Å². The van der Waals surface area contributed by atoms with Gasteiger partial charge in [0.05, 0.1) is 22.3 Å². The SMILES string of the molecule is Cc1[nH]c2ccccc2c1C1CCN(C(=O)c2cc(-c3ccccc3)nc3onc(C)c23)CC1. The normalized spacial score (nSPS) is 14.8. The highest BCUT2D eigenvalue weighted by Gasteiger charge is 2.29. The Morgan fingerprint density at radius 2 is 1.76 bits per heavy atom. The van der Waals surface area contributed by atoms with Gasteiger partial charge >= 0.3 is 0 Å². The van der Waals surface area contributed by atoms with Crippen molar-refractivity contribution in [1.82, 2.24) is 20.0 Å². The van der Waals surface area contributed by atoms with Crippen LogP contribution >= 0.6 is 0 Å². The summed E-state index contributed by atoms with van der Waals surface area (Å²) in [7, 11) is 0. The number of likely N-dealkylation sites (tertiary alicyclic amines) is 1. The lowest BCUT2D eigenvalue weighted by atomic mass is 9.87. The molecule has 1 saturated heterocycles. The van der Waals surface area contributed by atoms with E-state index in [0.717, 1.165) is 37.2 Å². The fourth-order valence-corrected chi connectivity index (χ4v) is 5.39. The van der Waals surface area contributed by atoms with Gasteiger partial charge in [0.2, 0.25) is 0 Å². The molecule has 0 bridgehead atoms. The van der Waals surface area contributed by atoms with Gasteiger partial charge in [-0.2, -0.15) is 0 Å². The second kappa shape index (κ2) is 8.13. The van der Waals surface area contributed by atoms with Crippen molar-refractivity contribution in [3.8, 4) is 11.3 Å². The molecule has 1 aliphatic rings. The Morgan fingerprint density at radius 3 is 2.56 bits per heavy atom. The lowest BCUT2D eigenvalue weighted by molar-refractivity contribution is 0.0715. The van der Waals surface area contributed by atoms with Crippen LogP contribution in [0.25, 0.3) is 33.3 Å². The van der Waals surface area contributed by atoms with Crippen molar-refractivity contribution in [1.29, 1.82) is 0 Å². The van der Waals surface area contributed by atoms with E-state index in [1.165, 1.54) is 22.2 Å². The summed E-state index contributed by atoms with van der Waals surface area (Å²) in [4.78, 5) is 23.9. The largest absolute Gasteiger partial charge is 0.358 e. The molecule has 0 unspecified atom stereocenters. The van der Waals surface area contributed by atoms with Crippen molar-refractivity contribution < 1.29 is 9.32 Å². The third-order valence-electron chi connectivity index (χ3n) is 7.05. The molecule has 1 amide bonds. The van der Waals surface area contributed by atoms with Gasteiger partial charge in [0.1, 0.15) is 0 Å². The molecule has 6 rings (SSSR count). The quantitative estimate of drug-likeness (QED) is 0.365. The molecule has 0 aliphatic carbocycles. The predicted octanol–water partition coefficient (Wildman–Crippen LogP) is 6.01. The van der Waals surface area contributed by atoms with Gasteiger partial charge in [0.15, 0.2) is 0 Å². The van der Waals surface area contributed by atoms with E-state index in [9.17, 15) is 4.79 Å². The molecule has 1 N–H and O–H groups in total. The van der Waals surface area contributed by atoms with Gasteiger partial charge in [-0.25, -0.2) is 4.98 Å². The van der Waals surface area contributed by atoms with Gasteiger partial charge in [0.25, 0.3) is 11.6 Å². The number of aryl methyl sites for hydroxylation is 2. The molecular formula is C28H26N4O2. The molecule has 1 aliphatic heterocycles. The van der Waals surface area contributed by atoms with Crippen LogP contribution in [0.5, 0.6) is 0 Å². The average molecular weight is 451 g/mol. The number of benzene rings is 2. The van der Waals surface area contributed by atoms with Gasteiger partial charge in [-0.15, -0.1) is 0 Å². The molecule has 3 aromatic heterocycles. The Hall–Kier alpha value is -3.93. The Kier molecular flexibility index (Phi) is 4.94. The summed E-state index contributed by atoms with van der Waals surface area (Å²) in [5.74, 6) is 0.458. The number of fused-ring (bicyclic) bond motifs is 2. The lowest BCUT2D eigenvalue weighted by Gasteiger charge is -2.32. The number of para-hydroxylation sites is 1. The molecule has 6 nitrogen and oxygen atoms in total. The maximum Gasteiger partial charge on any atom is 0.259 e. The summed E-state index contributed by atoms with van der Waals surface area (Å²) >= 11 is 0. The molecule has 4 heterocycles. The summed E-state index contributed by atoms with van der Waals surface area (Å²) in [6.45, 7) is 5.45. The van der Waals surface area contributed by atoms with Crippen LogP contribution < -0.4 is 0 Å². The summed E-state index contributed by atoms with van der Waals surface area (Å²) in [6, 6.07) is 20.2. The van der Waals surface area contributed by atoms with Crippen LogP contribution in [0.4, 0.5) is 0 Å². The molecular weight excluding hydrogens is 424 g/mol. The first-order chi connectivity index (χ1) is 16.6. The van der Waals surface area contributed by atoms with E-state index in [4.69, 9.17) is 4.52 Å². The van der Waals surface area contributed by atoms with E-state index in [0.29, 0.717) is 28.3 Å². The van der Waals surface area contributed by atoms with E-state index in [1.54, 1.807) is 0 Å². The molecule has 6 heteroatoms. The van der Waals surface area contributed by atoms with Crippen LogP contribution in [-0.4, -0.2) is 39.0 Å². The number of nitrogens with one attached hydrogen (secondary N) is 1. The molecule has 34 heavy (non-hydrogen) atoms. The maximum absolute atomic E-state index is 13.7. The zero-order valence-corrected chi connectivity index (χ0v) is 19.3. The first kappa shape index (κ1) is 20.7. The lowest BCUT2D eigenvalue weighted by Crippen LogP contribution is -2.38. The molecule has 0 saturated carbocycles. The second-order valence-corrected chi connectivity index (χ2v) is 9.14. The van der Waals surface area contributed by atoms with Crippen molar-refractivity contribution in [2.45, 2.75) is 32.6 Å². The number of aromatic amines is 1. The van der Waals surface area contributed by atoms with Crippen LogP contribution in [0, 0.1) is 13.8 Å². The Balaban J connectivity index is 1.30. The van der Waals surface area contributed by atoms with Gasteiger partial charge in [-0.3, -0.25) is 4.79 Å². The van der Waals surface area contributed by atoms with Crippen molar-refractivity contribution in [2.75, 3.05) is 13.1 Å². The number of hydrogen-bond donors (Lipinski definition) is 1. The minimum atomic E-state index is 0.0185. The predicted molar refractivity (Wildman–Crippen MR) is 133 cm³/mol. The maximum atomic E-state index is 13.7. The van der Waals surface area contributed by atoms with E-state index < -0.39 is 0 Å². The minimum Gasteiger partial charge on any atom is -0.358 e. The summed E-state index contributed by atoms with van der Waals surface area (Å²) < 4.78 is 5.47. The zero-order valence-electron chi connectivity index (χ0n) is 19.3. The molecule has 2 aromatic carbocycles. The van der Waals surface area contributed by atoms with E-state index in [2.05, 4.69) is 46.3 Å². The monoisotopic (exact) mass is 450 g/mol. The highest BCUT2D eigenvalue weighted by Crippen LogP contribution is 2.36. The molecule has 5 aromatic rings. The molecule has 1 fully saturated rings. The first-order valence-electron chi connectivity index (χ1n) is 11.8. The van der Waals surface area contributed by atoms with Crippen molar-refractivity contribution in [2.24, 2.45) is 0 Å². The molecule has 170 valence electrons. The molecule has 0 atom stereocenters. The van der Waals surface area contributed by atoms with Crippen molar-refractivity contribution in [3.05, 3.63) is 83.2 Å². The van der Waals surface area contributed by atoms with Crippen LogP contribution in [0.3, 0.4) is 0 Å². The number of H-pyrrole nitrogens is 1. The number of aromatic nitrogens is 3. The van der Waals surface area contributed by atoms with Gasteiger partial charge < -0.3 is 14.4 Å². The number of carbonyl (C=O) groups is 1. The fourth-order valence-electron chi connectivity index (χ4n) is 5.39. The third kappa shape index (κ3) is 3.37. The van der Waals surface area contributed by atoms with E-state index in [1.807, 2.05) is 48.2 Å². The number of nitrogens with zero attached hydrogens (tertiary/aromatic N) is 3. The van der Waals surface area contributed by atoms with Gasteiger partial charge in [-0.1, -0.05) is 53.7 Å². The minimum absolute atomic E-state index is 0.0185. The Labute approximate surface area is 197 Å². The van der Waals surface area contributed by atoms with Crippen molar-refractivity contribution in [3.63, 3.8) is 0 Å². The number of pyridine rings is 1. The number of hydrogen-bond acceptors (Lipinski definition) is 4. The highest BCUT2D eigenvalue weighted by atomic mass is 16.5. The van der Waals surface area contributed by atoms with Crippen LogP contribution in [0.15, 0.2) is 65.2 Å². The van der Waals surface area contributed by atoms with Crippen LogP contribution in [-0.2, 0) is 0 Å². The Bertz CT molecular complexity index is 1510. The first-order valence-corrected chi connectivity index (χ1v) is 11.8. The average Bonchev–Trinajstić information content (AvgIpc) is 3.42. The van der Waals surface area contributed by atoms with Gasteiger partial charge in [-0.05, 0) is 50.3 Å². The number of carbonyl (C=O) groups excluding carboxylic acids is 1. The van der Waals surface area contributed by atoms with E-state index in [-0.39, 0.29) is 5.91 Å². The Morgan fingerprint density at radius 1 is 1.03 bits per heavy atom. The molecule has 0 spiro atoms. The number of piperidine rings is 1. The van der Waals surface area contributed by atoms with Gasteiger partial charge in [0, 0.05) is 35.2 Å². The standard InChI is InChI=1S/C28H26N4O2/c1-17-25(21-10-6-7-11-23(21)29-17)20-12-14-32(15-13-20)28(33)22-16-24(19-8-4-3-5-9-19)30-27-26(22)18(2)31-34-27/h3-11,16,20,29H,12-15H2,1-2H3. The topological polar surface area (TPSA) is 75.0 Å². The van der Waals surface area contributed by atoms with Crippen LogP contribution in [0.1, 0.15) is 46.1 Å². The molecule has 0 radical (unpaired) electrons. The highest BCUT2D eigenvalue weighted by molar-refractivity contribution is 6.07. The number of amides is 1. The third-order valence-corrected chi connectivity index (χ3v) is 7.05. The summed E-state index contributed by atoms with van der Waals surface area (Å²) in [6.07, 6.45) is 1.88. The van der Waals surface area contributed by atoms with Crippen LogP contribution in [0.2, 0.25) is 0 Å².